The quantitative estimate of drug-likeness (QED) is 0.662. The molecular weight excluding hydrogens is 265 g/mol. The van der Waals surface area contributed by atoms with Crippen LogP contribution in [-0.4, -0.2) is 43.6 Å². The zero-order valence-electron chi connectivity index (χ0n) is 11.6. The standard InChI is InChI=1S/C13H18FN3O3/c1-16-4-3-9(8-16)7-15-11-6-13(20-2)12(17(18)19)5-10(11)14/h5-6,9,15H,3-4,7-8H2,1-2H3. The van der Waals surface area contributed by atoms with Gasteiger partial charge in [-0.15, -0.1) is 0 Å². The predicted molar refractivity (Wildman–Crippen MR) is 73.7 cm³/mol. The third-order valence-electron chi connectivity index (χ3n) is 3.54. The summed E-state index contributed by atoms with van der Waals surface area (Å²) in [6, 6.07) is 2.23. The van der Waals surface area contributed by atoms with Gasteiger partial charge in [0.2, 0.25) is 0 Å². The van der Waals surface area contributed by atoms with Gasteiger partial charge in [0.1, 0.15) is 0 Å². The number of ether oxygens (including phenoxy) is 1. The van der Waals surface area contributed by atoms with Crippen LogP contribution in [0.15, 0.2) is 12.1 Å². The number of nitro benzene ring substituents is 1. The summed E-state index contributed by atoms with van der Waals surface area (Å²) in [6.07, 6.45) is 1.06. The first-order chi connectivity index (χ1) is 9.51. The Labute approximate surface area is 116 Å². The van der Waals surface area contributed by atoms with E-state index in [2.05, 4.69) is 17.3 Å². The number of nitro groups is 1. The van der Waals surface area contributed by atoms with E-state index < -0.39 is 10.7 Å². The van der Waals surface area contributed by atoms with Crippen LogP contribution >= 0.6 is 0 Å². The first kappa shape index (κ1) is 14.5. The molecule has 0 aliphatic carbocycles. The van der Waals surface area contributed by atoms with E-state index in [0.717, 1.165) is 25.6 Å². The van der Waals surface area contributed by atoms with Gasteiger partial charge >= 0.3 is 5.69 Å². The maximum absolute atomic E-state index is 13.8. The lowest BCUT2D eigenvalue weighted by Crippen LogP contribution is -2.19. The summed E-state index contributed by atoms with van der Waals surface area (Å²) in [5.41, 5.74) is -0.127. The van der Waals surface area contributed by atoms with Crippen LogP contribution in [0.4, 0.5) is 15.8 Å². The van der Waals surface area contributed by atoms with Gasteiger partial charge in [0.05, 0.1) is 23.8 Å². The molecule has 0 aromatic heterocycles. The zero-order valence-corrected chi connectivity index (χ0v) is 11.6. The smallest absolute Gasteiger partial charge is 0.313 e. The van der Waals surface area contributed by atoms with E-state index in [0.29, 0.717) is 12.5 Å². The Hall–Kier alpha value is -1.89. The average Bonchev–Trinajstić information content (AvgIpc) is 2.82. The van der Waals surface area contributed by atoms with Gasteiger partial charge in [-0.25, -0.2) is 4.39 Å². The number of nitrogens with zero attached hydrogens (tertiary/aromatic N) is 2. The van der Waals surface area contributed by atoms with E-state index in [4.69, 9.17) is 4.74 Å². The van der Waals surface area contributed by atoms with E-state index >= 15 is 0 Å². The van der Waals surface area contributed by atoms with Gasteiger partial charge in [-0.05, 0) is 25.9 Å². The fourth-order valence-electron chi connectivity index (χ4n) is 2.43. The molecule has 1 fully saturated rings. The van der Waals surface area contributed by atoms with Crippen molar-refractivity contribution in [3.8, 4) is 5.75 Å². The fourth-order valence-corrected chi connectivity index (χ4v) is 2.43. The molecule has 0 bridgehead atoms. The summed E-state index contributed by atoms with van der Waals surface area (Å²) in [5, 5.41) is 13.8. The van der Waals surface area contributed by atoms with Crippen LogP contribution in [0.3, 0.4) is 0 Å². The number of benzene rings is 1. The third kappa shape index (κ3) is 3.16. The minimum atomic E-state index is -0.655. The van der Waals surface area contributed by atoms with Crippen LogP contribution in [0, 0.1) is 21.8 Å². The Morgan fingerprint density at radius 2 is 2.35 bits per heavy atom. The molecule has 1 saturated heterocycles. The Bertz CT molecular complexity index is 510. The Morgan fingerprint density at radius 3 is 2.90 bits per heavy atom. The molecule has 1 unspecified atom stereocenters. The summed E-state index contributed by atoms with van der Waals surface area (Å²) in [7, 11) is 3.38. The minimum absolute atomic E-state index is 0.0578. The van der Waals surface area contributed by atoms with E-state index in [1.807, 2.05) is 0 Å². The van der Waals surface area contributed by atoms with Crippen LogP contribution in [0.1, 0.15) is 6.42 Å². The lowest BCUT2D eigenvalue weighted by molar-refractivity contribution is -0.385. The molecule has 0 spiro atoms. The zero-order chi connectivity index (χ0) is 14.7. The van der Waals surface area contributed by atoms with Gasteiger partial charge in [-0.1, -0.05) is 0 Å². The number of likely N-dealkylation sites (tertiary alicyclic amines) is 1. The van der Waals surface area contributed by atoms with Crippen LogP contribution in [-0.2, 0) is 0 Å². The van der Waals surface area contributed by atoms with Crippen molar-refractivity contribution >= 4 is 11.4 Å². The second kappa shape index (κ2) is 6.04. The van der Waals surface area contributed by atoms with Crippen molar-refractivity contribution in [2.24, 2.45) is 5.92 Å². The highest BCUT2D eigenvalue weighted by atomic mass is 19.1. The van der Waals surface area contributed by atoms with Crippen molar-refractivity contribution in [2.75, 3.05) is 39.1 Å². The maximum atomic E-state index is 13.8. The summed E-state index contributed by atoms with van der Waals surface area (Å²) < 4.78 is 18.8. The molecule has 1 atom stereocenters. The van der Waals surface area contributed by atoms with Crippen LogP contribution in [0.2, 0.25) is 0 Å². The highest BCUT2D eigenvalue weighted by Gasteiger charge is 2.22. The van der Waals surface area contributed by atoms with E-state index in [9.17, 15) is 14.5 Å². The number of nitrogens with one attached hydrogen (secondary N) is 1. The SMILES string of the molecule is COc1cc(NCC2CCN(C)C2)c(F)cc1[N+](=O)[O-]. The molecule has 0 saturated carbocycles. The van der Waals surface area contributed by atoms with Crippen LogP contribution < -0.4 is 10.1 Å². The maximum Gasteiger partial charge on any atom is 0.313 e. The van der Waals surface area contributed by atoms with E-state index in [1.54, 1.807) is 0 Å². The molecule has 2 rings (SSSR count). The number of rotatable bonds is 5. The van der Waals surface area contributed by atoms with Crippen LogP contribution in [0.25, 0.3) is 0 Å². The topological polar surface area (TPSA) is 67.6 Å². The summed E-state index contributed by atoms with van der Waals surface area (Å²) in [5.74, 6) is -0.119. The Kier molecular flexibility index (Phi) is 4.39. The predicted octanol–water partition coefficient (Wildman–Crippen LogP) is 2.11. The molecule has 0 radical (unpaired) electrons. The lowest BCUT2D eigenvalue weighted by atomic mass is 10.1. The van der Waals surface area contributed by atoms with Crippen molar-refractivity contribution < 1.29 is 14.1 Å². The number of hydrogen-bond acceptors (Lipinski definition) is 5. The molecular formula is C13H18FN3O3. The Balaban J connectivity index is 2.09. The van der Waals surface area contributed by atoms with Crippen molar-refractivity contribution in [3.63, 3.8) is 0 Å². The largest absolute Gasteiger partial charge is 0.490 e. The Morgan fingerprint density at radius 1 is 1.60 bits per heavy atom. The average molecular weight is 283 g/mol. The van der Waals surface area contributed by atoms with Crippen molar-refractivity contribution in [1.82, 2.24) is 4.90 Å². The second-order valence-corrected chi connectivity index (χ2v) is 5.06. The molecule has 1 heterocycles. The number of hydrogen-bond donors (Lipinski definition) is 1. The molecule has 20 heavy (non-hydrogen) atoms. The summed E-state index contributed by atoms with van der Waals surface area (Å²) >= 11 is 0. The van der Waals surface area contributed by atoms with Crippen LogP contribution in [0.5, 0.6) is 5.75 Å². The van der Waals surface area contributed by atoms with Gasteiger partial charge in [0.25, 0.3) is 0 Å². The van der Waals surface area contributed by atoms with Gasteiger partial charge in [0.15, 0.2) is 11.6 Å². The van der Waals surface area contributed by atoms with Crippen molar-refractivity contribution in [2.45, 2.75) is 6.42 Å². The fraction of sp³-hybridized carbons (Fsp3) is 0.538. The van der Waals surface area contributed by atoms with E-state index in [1.165, 1.54) is 13.2 Å². The molecule has 1 aromatic rings. The third-order valence-corrected chi connectivity index (χ3v) is 3.54. The number of halogens is 1. The van der Waals surface area contributed by atoms with Crippen molar-refractivity contribution in [1.29, 1.82) is 0 Å². The minimum Gasteiger partial charge on any atom is -0.490 e. The monoisotopic (exact) mass is 283 g/mol. The number of anilines is 1. The molecule has 6 nitrogen and oxygen atoms in total. The first-order valence-electron chi connectivity index (χ1n) is 6.45. The second-order valence-electron chi connectivity index (χ2n) is 5.06. The molecule has 1 N–H and O–H groups in total. The van der Waals surface area contributed by atoms with Gasteiger partial charge in [0, 0.05) is 19.2 Å². The van der Waals surface area contributed by atoms with Gasteiger partial charge in [-0.3, -0.25) is 10.1 Å². The molecule has 110 valence electrons. The molecule has 0 amide bonds. The van der Waals surface area contributed by atoms with Crippen molar-refractivity contribution in [3.05, 3.63) is 28.1 Å². The summed E-state index contributed by atoms with van der Waals surface area (Å²) in [6.45, 7) is 2.65. The number of methoxy groups -OCH3 is 1. The lowest BCUT2D eigenvalue weighted by Gasteiger charge is -2.14. The normalized spacial score (nSPS) is 19.1. The van der Waals surface area contributed by atoms with Gasteiger partial charge in [-0.2, -0.15) is 0 Å². The first-order valence-corrected chi connectivity index (χ1v) is 6.45. The highest BCUT2D eigenvalue weighted by Crippen LogP contribution is 2.32. The summed E-state index contributed by atoms with van der Waals surface area (Å²) in [4.78, 5) is 12.3. The van der Waals surface area contributed by atoms with E-state index in [-0.39, 0.29) is 17.1 Å². The molecule has 1 aromatic carbocycles. The molecule has 1 aliphatic heterocycles. The van der Waals surface area contributed by atoms with Gasteiger partial charge < -0.3 is 15.0 Å². The molecule has 1 aliphatic rings. The molecule has 7 heteroatoms. The highest BCUT2D eigenvalue weighted by molar-refractivity contribution is 5.59.